The summed E-state index contributed by atoms with van der Waals surface area (Å²) < 4.78 is 9.87. The average molecular weight is 233 g/mol. The van der Waals surface area contributed by atoms with E-state index < -0.39 is 23.7 Å². The minimum absolute atomic E-state index is 0.248. The third-order valence-corrected chi connectivity index (χ3v) is 1.60. The number of amides is 1. The monoisotopic (exact) mass is 233 g/mol. The Kier molecular flexibility index (Phi) is 5.81. The van der Waals surface area contributed by atoms with Gasteiger partial charge in [-0.05, 0) is 20.8 Å². The molecule has 1 atom stereocenters. The fourth-order valence-corrected chi connectivity index (χ4v) is 1.01. The molecule has 94 valence electrons. The molecule has 0 aromatic heterocycles. The zero-order valence-corrected chi connectivity index (χ0v) is 10.1. The van der Waals surface area contributed by atoms with Gasteiger partial charge in [-0.2, -0.15) is 0 Å². The molecule has 6 heteroatoms. The van der Waals surface area contributed by atoms with Crippen LogP contribution >= 0.6 is 0 Å². The van der Waals surface area contributed by atoms with Crippen molar-refractivity contribution in [3.63, 3.8) is 0 Å². The molecule has 16 heavy (non-hydrogen) atoms. The number of nitrogens with one attached hydrogen (secondary N) is 1. The van der Waals surface area contributed by atoms with Gasteiger partial charge in [0.25, 0.3) is 0 Å². The third kappa shape index (κ3) is 7.05. The Morgan fingerprint density at radius 3 is 2.31 bits per heavy atom. The molecule has 0 aromatic rings. The van der Waals surface area contributed by atoms with Gasteiger partial charge in [0.2, 0.25) is 0 Å². The maximum atomic E-state index is 11.6. The highest BCUT2D eigenvalue weighted by Gasteiger charge is 2.26. The lowest BCUT2D eigenvalue weighted by atomic mass is 10.1. The van der Waals surface area contributed by atoms with Gasteiger partial charge >= 0.3 is 12.1 Å². The predicted molar refractivity (Wildman–Crippen MR) is 57.3 cm³/mol. The van der Waals surface area contributed by atoms with Crippen LogP contribution in [0.5, 0.6) is 0 Å². The maximum Gasteiger partial charge on any atom is 0.405 e. The molecular formula is C10H19NO5. The minimum Gasteiger partial charge on any atom is -0.465 e. The van der Waals surface area contributed by atoms with E-state index in [2.05, 4.69) is 5.32 Å². The summed E-state index contributed by atoms with van der Waals surface area (Å²) in [5.74, 6) is -0.591. The van der Waals surface area contributed by atoms with Gasteiger partial charge < -0.3 is 19.9 Å². The van der Waals surface area contributed by atoms with E-state index in [-0.39, 0.29) is 13.0 Å². The van der Waals surface area contributed by atoms with Gasteiger partial charge in [0, 0.05) is 20.1 Å². The quantitative estimate of drug-likeness (QED) is 0.692. The highest BCUT2D eigenvalue weighted by atomic mass is 16.6. The Hall–Kier alpha value is -1.30. The Morgan fingerprint density at radius 1 is 1.38 bits per heavy atom. The van der Waals surface area contributed by atoms with E-state index in [9.17, 15) is 9.59 Å². The lowest BCUT2D eigenvalue weighted by Gasteiger charge is -2.23. The van der Waals surface area contributed by atoms with Gasteiger partial charge in [-0.15, -0.1) is 0 Å². The van der Waals surface area contributed by atoms with E-state index in [0.29, 0.717) is 0 Å². The molecule has 0 saturated heterocycles. The number of carboxylic acid groups (broad SMARTS) is 1. The molecule has 6 nitrogen and oxygen atoms in total. The van der Waals surface area contributed by atoms with Crippen molar-refractivity contribution in [2.45, 2.75) is 38.8 Å². The molecule has 0 aliphatic rings. The standard InChI is InChI=1S/C10H19NO5/c1-10(2,3)16-8(12)7(5-6-15-4)11-9(13)14/h7,11H,5-6H2,1-4H3,(H,13,14). The van der Waals surface area contributed by atoms with Crippen molar-refractivity contribution < 1.29 is 24.2 Å². The van der Waals surface area contributed by atoms with Crippen LogP contribution in [0.3, 0.4) is 0 Å². The smallest absolute Gasteiger partial charge is 0.405 e. The van der Waals surface area contributed by atoms with Crippen LogP contribution in [0.4, 0.5) is 4.79 Å². The number of esters is 1. The molecule has 0 spiro atoms. The van der Waals surface area contributed by atoms with Crippen LogP contribution in [0.25, 0.3) is 0 Å². The van der Waals surface area contributed by atoms with Crippen LogP contribution in [-0.2, 0) is 14.3 Å². The second kappa shape index (κ2) is 6.32. The first-order valence-corrected chi connectivity index (χ1v) is 4.97. The summed E-state index contributed by atoms with van der Waals surface area (Å²) in [4.78, 5) is 22.1. The SMILES string of the molecule is COCCC(NC(=O)O)C(=O)OC(C)(C)C. The third-order valence-electron chi connectivity index (χ3n) is 1.60. The number of rotatable bonds is 5. The van der Waals surface area contributed by atoms with Crippen molar-refractivity contribution in [2.75, 3.05) is 13.7 Å². The predicted octanol–water partition coefficient (Wildman–Crippen LogP) is 1.00. The summed E-state index contributed by atoms with van der Waals surface area (Å²) >= 11 is 0. The molecule has 0 aliphatic heterocycles. The van der Waals surface area contributed by atoms with Crippen molar-refractivity contribution in [1.29, 1.82) is 0 Å². The summed E-state index contributed by atoms with van der Waals surface area (Å²) in [6.45, 7) is 5.45. The summed E-state index contributed by atoms with van der Waals surface area (Å²) in [7, 11) is 1.48. The first kappa shape index (κ1) is 14.7. The molecule has 2 N–H and O–H groups in total. The first-order chi connectivity index (χ1) is 7.26. The van der Waals surface area contributed by atoms with Gasteiger partial charge in [-0.1, -0.05) is 0 Å². The Morgan fingerprint density at radius 2 is 1.94 bits per heavy atom. The summed E-state index contributed by atoms with van der Waals surface area (Å²) in [6.07, 6.45) is -1.01. The van der Waals surface area contributed by atoms with E-state index in [4.69, 9.17) is 14.6 Å². The number of carbonyl (C=O) groups excluding carboxylic acids is 1. The zero-order chi connectivity index (χ0) is 12.8. The Bertz CT molecular complexity index is 246. The van der Waals surface area contributed by atoms with E-state index in [1.54, 1.807) is 20.8 Å². The fourth-order valence-electron chi connectivity index (χ4n) is 1.01. The summed E-state index contributed by atoms with van der Waals surface area (Å²) in [6, 6.07) is -0.892. The van der Waals surface area contributed by atoms with Gasteiger partial charge in [0.15, 0.2) is 0 Å². The number of hydrogen-bond acceptors (Lipinski definition) is 4. The summed E-state index contributed by atoms with van der Waals surface area (Å²) in [5, 5.41) is 10.7. The van der Waals surface area contributed by atoms with Crippen LogP contribution in [-0.4, -0.2) is 42.5 Å². The van der Waals surface area contributed by atoms with Crippen LogP contribution in [0.2, 0.25) is 0 Å². The molecule has 0 fully saturated rings. The van der Waals surface area contributed by atoms with E-state index in [1.807, 2.05) is 0 Å². The Balaban J connectivity index is 4.37. The number of hydrogen-bond donors (Lipinski definition) is 2. The highest BCUT2D eigenvalue weighted by Crippen LogP contribution is 2.09. The fraction of sp³-hybridized carbons (Fsp3) is 0.800. The number of methoxy groups -OCH3 is 1. The maximum absolute atomic E-state index is 11.6. The molecule has 1 amide bonds. The van der Waals surface area contributed by atoms with Crippen molar-refractivity contribution >= 4 is 12.1 Å². The van der Waals surface area contributed by atoms with Crippen molar-refractivity contribution in [3.8, 4) is 0 Å². The van der Waals surface area contributed by atoms with E-state index in [0.717, 1.165) is 0 Å². The van der Waals surface area contributed by atoms with Crippen LogP contribution in [0.1, 0.15) is 27.2 Å². The second-order valence-corrected chi connectivity index (χ2v) is 4.32. The largest absolute Gasteiger partial charge is 0.465 e. The molecule has 0 bridgehead atoms. The molecule has 0 radical (unpaired) electrons. The molecule has 0 aromatic carbocycles. The lowest BCUT2D eigenvalue weighted by molar-refractivity contribution is -0.157. The molecular weight excluding hydrogens is 214 g/mol. The van der Waals surface area contributed by atoms with Crippen molar-refractivity contribution in [2.24, 2.45) is 0 Å². The molecule has 1 unspecified atom stereocenters. The molecule has 0 rings (SSSR count). The van der Waals surface area contributed by atoms with Crippen LogP contribution in [0.15, 0.2) is 0 Å². The molecule has 0 heterocycles. The van der Waals surface area contributed by atoms with Gasteiger partial charge in [0.05, 0.1) is 0 Å². The van der Waals surface area contributed by atoms with Crippen LogP contribution in [0, 0.1) is 0 Å². The first-order valence-electron chi connectivity index (χ1n) is 4.97. The molecule has 0 saturated carbocycles. The van der Waals surface area contributed by atoms with Gasteiger partial charge in [0.1, 0.15) is 11.6 Å². The van der Waals surface area contributed by atoms with Crippen molar-refractivity contribution in [3.05, 3.63) is 0 Å². The zero-order valence-electron chi connectivity index (χ0n) is 10.1. The highest BCUT2D eigenvalue weighted by molar-refractivity contribution is 5.80. The summed E-state index contributed by atoms with van der Waals surface area (Å²) in [5.41, 5.74) is -0.636. The topological polar surface area (TPSA) is 84.9 Å². The lowest BCUT2D eigenvalue weighted by Crippen LogP contribution is -2.44. The Labute approximate surface area is 94.9 Å². The van der Waals surface area contributed by atoms with Crippen molar-refractivity contribution in [1.82, 2.24) is 5.32 Å². The minimum atomic E-state index is -1.26. The van der Waals surface area contributed by atoms with Crippen LogP contribution < -0.4 is 5.32 Å². The van der Waals surface area contributed by atoms with E-state index >= 15 is 0 Å². The second-order valence-electron chi connectivity index (χ2n) is 4.32. The van der Waals surface area contributed by atoms with E-state index in [1.165, 1.54) is 7.11 Å². The van der Waals surface area contributed by atoms with Gasteiger partial charge in [-0.25, -0.2) is 9.59 Å². The normalized spacial score (nSPS) is 13.0. The average Bonchev–Trinajstić information content (AvgIpc) is 2.08. The molecule has 0 aliphatic carbocycles. The number of ether oxygens (including phenoxy) is 2. The van der Waals surface area contributed by atoms with Gasteiger partial charge in [-0.3, -0.25) is 0 Å². The number of carbonyl (C=O) groups is 2.